The van der Waals surface area contributed by atoms with E-state index >= 15 is 0 Å². The van der Waals surface area contributed by atoms with E-state index in [4.69, 9.17) is 19.8 Å². The van der Waals surface area contributed by atoms with Crippen molar-refractivity contribution in [3.63, 3.8) is 0 Å². The molecule has 2 N–H and O–H groups in total. The molecule has 0 aromatic carbocycles. The van der Waals surface area contributed by atoms with Gasteiger partial charge in [-0.2, -0.15) is 0 Å². The van der Waals surface area contributed by atoms with Crippen LogP contribution < -0.4 is 0 Å². The standard InChI is InChI=1S/C4H9.2C2H4O2.Sn.H/c1-3-4-2;2*1-2(3)4;;/h1,3-4H2,2H3;2*1H3,(H,3,4);;. The van der Waals surface area contributed by atoms with Crippen LogP contribution in [-0.2, 0) is 9.59 Å². The predicted octanol–water partition coefficient (Wildman–Crippen LogP) is 1.29. The van der Waals surface area contributed by atoms with E-state index in [0.29, 0.717) is 0 Å². The molecule has 0 aliphatic rings. The van der Waals surface area contributed by atoms with Crippen LogP contribution in [0.15, 0.2) is 0 Å². The van der Waals surface area contributed by atoms with E-state index in [9.17, 15) is 0 Å². The first-order valence-electron chi connectivity index (χ1n) is 3.97. The van der Waals surface area contributed by atoms with Crippen molar-refractivity contribution < 1.29 is 19.8 Å². The van der Waals surface area contributed by atoms with E-state index in [0.717, 1.165) is 13.8 Å². The number of carboxylic acid groups (broad SMARTS) is 2. The summed E-state index contributed by atoms with van der Waals surface area (Å²) >= 11 is 1.45. The quantitative estimate of drug-likeness (QED) is 0.753. The first-order chi connectivity index (χ1) is 5.88. The molecule has 0 saturated heterocycles. The van der Waals surface area contributed by atoms with Gasteiger partial charge in [0, 0.05) is 13.8 Å². The molecular weight excluding hydrogens is 279 g/mol. The van der Waals surface area contributed by atoms with Crippen molar-refractivity contribution in [2.45, 2.75) is 38.0 Å². The average Bonchev–Trinajstić information content (AvgIpc) is 1.86. The molecule has 2 radical (unpaired) electrons. The first-order valence-corrected chi connectivity index (χ1v) is 6.30. The van der Waals surface area contributed by atoms with Gasteiger partial charge in [-0.05, 0) is 0 Å². The Balaban J connectivity index is -0.000000117. The van der Waals surface area contributed by atoms with Crippen LogP contribution in [0.5, 0.6) is 0 Å². The molecule has 0 aromatic rings. The fourth-order valence-electron chi connectivity index (χ4n) is 0.204. The van der Waals surface area contributed by atoms with Crippen molar-refractivity contribution in [2.75, 3.05) is 0 Å². The first kappa shape index (κ1) is 18.5. The minimum atomic E-state index is -0.833. The summed E-state index contributed by atoms with van der Waals surface area (Å²) in [5.41, 5.74) is 0. The minimum absolute atomic E-state index is 0.833. The molecule has 0 saturated carbocycles. The second-order valence-electron chi connectivity index (χ2n) is 2.18. The number of hydrogen-bond acceptors (Lipinski definition) is 2. The third-order valence-electron chi connectivity index (χ3n) is 0.558. The molecule has 78 valence electrons. The Morgan fingerprint density at radius 1 is 1.15 bits per heavy atom. The molecule has 0 aliphatic carbocycles. The molecule has 0 aliphatic heterocycles. The van der Waals surface area contributed by atoms with Crippen LogP contribution >= 0.6 is 0 Å². The summed E-state index contributed by atoms with van der Waals surface area (Å²) in [6.45, 7) is 4.40. The molecule has 13 heavy (non-hydrogen) atoms. The van der Waals surface area contributed by atoms with Gasteiger partial charge in [0.1, 0.15) is 0 Å². The van der Waals surface area contributed by atoms with Crippen molar-refractivity contribution in [3.05, 3.63) is 0 Å². The summed E-state index contributed by atoms with van der Waals surface area (Å²) in [5.74, 6) is -1.67. The topological polar surface area (TPSA) is 74.6 Å². The van der Waals surface area contributed by atoms with Crippen LogP contribution in [0.2, 0.25) is 4.44 Å². The van der Waals surface area contributed by atoms with Crippen LogP contribution in [0.3, 0.4) is 0 Å². The molecule has 0 amide bonds. The van der Waals surface area contributed by atoms with Gasteiger partial charge in [-0.1, -0.05) is 0 Å². The van der Waals surface area contributed by atoms with E-state index in [1.54, 1.807) is 0 Å². The van der Waals surface area contributed by atoms with Crippen molar-refractivity contribution >= 4 is 34.5 Å². The Morgan fingerprint density at radius 2 is 1.38 bits per heavy atom. The number of hydrogen-bond donors (Lipinski definition) is 2. The van der Waals surface area contributed by atoms with Crippen molar-refractivity contribution in [1.29, 1.82) is 0 Å². The van der Waals surface area contributed by atoms with Crippen LogP contribution in [0.4, 0.5) is 0 Å². The Bertz CT molecular complexity index is 103. The molecule has 0 aromatic heterocycles. The molecule has 0 spiro atoms. The van der Waals surface area contributed by atoms with Crippen LogP contribution in [0.1, 0.15) is 33.6 Å². The van der Waals surface area contributed by atoms with Gasteiger partial charge >= 0.3 is 46.7 Å². The van der Waals surface area contributed by atoms with Gasteiger partial charge in [-0.15, -0.1) is 0 Å². The number of rotatable bonds is 2. The summed E-state index contributed by atoms with van der Waals surface area (Å²) in [4.78, 5) is 18.0. The molecule has 0 rings (SSSR count). The fourth-order valence-corrected chi connectivity index (χ4v) is 1.37. The third-order valence-corrected chi connectivity index (χ3v) is 1.72. The van der Waals surface area contributed by atoms with E-state index < -0.39 is 11.9 Å². The van der Waals surface area contributed by atoms with Gasteiger partial charge in [0.05, 0.1) is 0 Å². The molecule has 0 atom stereocenters. The Hall–Kier alpha value is -0.261. The zero-order valence-electron chi connectivity index (χ0n) is 8.41. The van der Waals surface area contributed by atoms with Gasteiger partial charge in [0.2, 0.25) is 0 Å². The normalized spacial score (nSPS) is 7.08. The second-order valence-corrected chi connectivity index (χ2v) is 3.83. The SMILES string of the molecule is CC(=O)O.CC(=O)O.CCC[CH2][SnH]. The number of carbonyl (C=O) groups is 2. The molecule has 5 heteroatoms. The maximum absolute atomic E-state index is 9.00. The summed E-state index contributed by atoms with van der Waals surface area (Å²) in [6, 6.07) is 0. The zero-order valence-corrected chi connectivity index (χ0v) is 11.7. The van der Waals surface area contributed by atoms with Gasteiger partial charge in [-0.25, -0.2) is 0 Å². The van der Waals surface area contributed by atoms with Crippen LogP contribution in [0.25, 0.3) is 0 Å². The second kappa shape index (κ2) is 17.7. The molecular formula is C8H18O4Sn. The van der Waals surface area contributed by atoms with E-state index in [2.05, 4.69) is 6.92 Å². The molecule has 0 heterocycles. The average molecular weight is 297 g/mol. The van der Waals surface area contributed by atoms with E-state index in [1.165, 1.54) is 39.8 Å². The molecule has 0 unspecified atom stereocenters. The van der Waals surface area contributed by atoms with Crippen LogP contribution in [-0.4, -0.2) is 44.7 Å². The van der Waals surface area contributed by atoms with Crippen molar-refractivity contribution in [2.24, 2.45) is 0 Å². The van der Waals surface area contributed by atoms with E-state index in [-0.39, 0.29) is 0 Å². The zero-order chi connectivity index (χ0) is 11.3. The summed E-state index contributed by atoms with van der Waals surface area (Å²) in [5, 5.41) is 14.8. The fraction of sp³-hybridized carbons (Fsp3) is 0.750. The number of unbranched alkanes of at least 4 members (excludes halogenated alkanes) is 1. The maximum atomic E-state index is 9.00. The summed E-state index contributed by atoms with van der Waals surface area (Å²) < 4.78 is 1.47. The summed E-state index contributed by atoms with van der Waals surface area (Å²) in [7, 11) is 0. The predicted molar refractivity (Wildman–Crippen MR) is 53.5 cm³/mol. The van der Waals surface area contributed by atoms with E-state index in [1.807, 2.05) is 0 Å². The van der Waals surface area contributed by atoms with Gasteiger partial charge in [0.15, 0.2) is 0 Å². The van der Waals surface area contributed by atoms with Gasteiger partial charge in [-0.3, -0.25) is 9.59 Å². The Labute approximate surface area is 92.4 Å². The number of aliphatic carboxylic acids is 2. The number of carboxylic acids is 2. The van der Waals surface area contributed by atoms with Gasteiger partial charge in [0.25, 0.3) is 11.9 Å². The monoisotopic (exact) mass is 298 g/mol. The summed E-state index contributed by atoms with van der Waals surface area (Å²) in [6.07, 6.45) is 2.82. The van der Waals surface area contributed by atoms with Crippen molar-refractivity contribution in [1.82, 2.24) is 0 Å². The Morgan fingerprint density at radius 3 is 1.38 bits per heavy atom. The molecule has 0 fully saturated rings. The molecule has 0 bridgehead atoms. The van der Waals surface area contributed by atoms with Crippen LogP contribution in [0, 0.1) is 0 Å². The van der Waals surface area contributed by atoms with Gasteiger partial charge < -0.3 is 10.2 Å². The van der Waals surface area contributed by atoms with Crippen molar-refractivity contribution in [3.8, 4) is 0 Å². The third kappa shape index (κ3) is 368. The molecule has 4 nitrogen and oxygen atoms in total. The Kier molecular flexibility index (Phi) is 25.2.